The first-order valence-electron chi connectivity index (χ1n) is 8.89. The summed E-state index contributed by atoms with van der Waals surface area (Å²) >= 11 is 0. The molecule has 1 N–H and O–H groups in total. The number of likely N-dealkylation sites (tertiary alicyclic amines) is 1. The van der Waals surface area contributed by atoms with E-state index in [-0.39, 0.29) is 11.1 Å². The first kappa shape index (κ1) is 19.2. The first-order chi connectivity index (χ1) is 10.2. The molecule has 22 heavy (non-hydrogen) atoms. The average molecular weight is 309 g/mol. The number of nitrogens with zero attached hydrogens (tertiary/aromatic N) is 1. The lowest BCUT2D eigenvalue weighted by molar-refractivity contribution is -0.131. The summed E-state index contributed by atoms with van der Waals surface area (Å²) in [4.78, 5) is 13.6. The molecule has 1 heterocycles. The van der Waals surface area contributed by atoms with Gasteiger partial charge in [-0.2, -0.15) is 0 Å². The van der Waals surface area contributed by atoms with Crippen LogP contribution in [0.15, 0.2) is 11.6 Å². The van der Waals surface area contributed by atoms with Gasteiger partial charge < -0.3 is 5.11 Å². The van der Waals surface area contributed by atoms with E-state index in [9.17, 15) is 4.79 Å². The van der Waals surface area contributed by atoms with E-state index in [1.165, 1.54) is 44.6 Å². The quantitative estimate of drug-likeness (QED) is 0.506. The third-order valence-corrected chi connectivity index (χ3v) is 4.84. The average Bonchev–Trinajstić information content (AvgIpc) is 2.33. The van der Waals surface area contributed by atoms with Crippen LogP contribution in [-0.2, 0) is 4.79 Å². The van der Waals surface area contributed by atoms with Crippen LogP contribution in [0, 0.1) is 0 Å². The molecule has 0 atom stereocenters. The normalized spacial score (nSPS) is 20.9. The maximum Gasteiger partial charge on any atom is 0.328 e. The van der Waals surface area contributed by atoms with Crippen molar-refractivity contribution in [2.24, 2.45) is 0 Å². The lowest BCUT2D eigenvalue weighted by Gasteiger charge is -2.54. The van der Waals surface area contributed by atoms with E-state index >= 15 is 0 Å². The molecular formula is C19H35NO2. The molecule has 0 amide bonds. The Balaban J connectivity index is 2.60. The molecule has 0 aromatic rings. The Kier molecular flexibility index (Phi) is 7.11. The van der Waals surface area contributed by atoms with Crippen molar-refractivity contribution in [3.05, 3.63) is 11.6 Å². The van der Waals surface area contributed by atoms with Crippen LogP contribution in [0.1, 0.15) is 86.0 Å². The number of hydrogen-bond acceptors (Lipinski definition) is 2. The fourth-order valence-electron chi connectivity index (χ4n) is 4.12. The number of carboxylic acid groups (broad SMARTS) is 1. The van der Waals surface area contributed by atoms with Crippen molar-refractivity contribution in [2.75, 3.05) is 6.54 Å². The van der Waals surface area contributed by atoms with Crippen LogP contribution in [0.3, 0.4) is 0 Å². The zero-order valence-electron chi connectivity index (χ0n) is 15.2. The maximum atomic E-state index is 11.0. The summed E-state index contributed by atoms with van der Waals surface area (Å²) in [5.41, 5.74) is 1.14. The van der Waals surface area contributed by atoms with Crippen molar-refractivity contribution in [1.29, 1.82) is 0 Å². The van der Waals surface area contributed by atoms with Crippen molar-refractivity contribution < 1.29 is 9.90 Å². The van der Waals surface area contributed by atoms with Gasteiger partial charge in [-0.1, -0.05) is 44.6 Å². The molecule has 0 bridgehead atoms. The van der Waals surface area contributed by atoms with E-state index < -0.39 is 5.97 Å². The van der Waals surface area contributed by atoms with E-state index in [0.29, 0.717) is 0 Å². The lowest BCUT2D eigenvalue weighted by atomic mass is 9.76. The first-order valence-corrected chi connectivity index (χ1v) is 8.89. The largest absolute Gasteiger partial charge is 0.478 e. The highest BCUT2D eigenvalue weighted by Crippen LogP contribution is 2.41. The van der Waals surface area contributed by atoms with Gasteiger partial charge in [0.05, 0.1) is 0 Å². The zero-order valence-corrected chi connectivity index (χ0v) is 15.2. The van der Waals surface area contributed by atoms with Crippen LogP contribution < -0.4 is 0 Å². The van der Waals surface area contributed by atoms with Gasteiger partial charge in [-0.05, 0) is 53.5 Å². The number of piperidine rings is 1. The molecule has 0 saturated carbocycles. The second kappa shape index (κ2) is 8.14. The Morgan fingerprint density at radius 3 is 2.05 bits per heavy atom. The molecule has 3 heteroatoms. The smallest absolute Gasteiger partial charge is 0.328 e. The fraction of sp³-hybridized carbons (Fsp3) is 0.842. The van der Waals surface area contributed by atoms with E-state index in [2.05, 4.69) is 39.5 Å². The van der Waals surface area contributed by atoms with Crippen LogP contribution in [0.25, 0.3) is 0 Å². The van der Waals surface area contributed by atoms with E-state index in [0.717, 1.165) is 25.0 Å². The number of carboxylic acids is 1. The van der Waals surface area contributed by atoms with Crippen molar-refractivity contribution in [3.63, 3.8) is 0 Å². The van der Waals surface area contributed by atoms with Gasteiger partial charge in [-0.25, -0.2) is 4.79 Å². The minimum atomic E-state index is -0.814. The summed E-state index contributed by atoms with van der Waals surface area (Å²) in [6.45, 7) is 12.4. The molecule has 0 aromatic heterocycles. The fourth-order valence-corrected chi connectivity index (χ4v) is 4.12. The highest BCUT2D eigenvalue weighted by molar-refractivity contribution is 5.80. The molecule has 0 aliphatic carbocycles. The predicted molar refractivity (Wildman–Crippen MR) is 93.2 cm³/mol. The minimum absolute atomic E-state index is 0.0342. The molecule has 3 nitrogen and oxygen atoms in total. The molecule has 1 rings (SSSR count). The Morgan fingerprint density at radius 1 is 1.05 bits per heavy atom. The van der Waals surface area contributed by atoms with E-state index in [4.69, 9.17) is 5.11 Å². The molecular weight excluding hydrogens is 274 g/mol. The molecule has 128 valence electrons. The van der Waals surface area contributed by atoms with Crippen molar-refractivity contribution >= 4 is 5.97 Å². The number of hydrogen-bond donors (Lipinski definition) is 1. The Bertz CT molecular complexity index is 376. The molecule has 0 unspecified atom stereocenters. The van der Waals surface area contributed by atoms with Gasteiger partial charge in [-0.3, -0.25) is 4.90 Å². The molecule has 1 fully saturated rings. The lowest BCUT2D eigenvalue weighted by Crippen LogP contribution is -2.59. The van der Waals surface area contributed by atoms with Gasteiger partial charge in [0.1, 0.15) is 0 Å². The molecule has 1 aliphatic heterocycles. The Labute approximate surface area is 136 Å². The molecule has 0 spiro atoms. The second-order valence-electron chi connectivity index (χ2n) is 8.04. The number of carbonyl (C=O) groups is 1. The van der Waals surface area contributed by atoms with Crippen LogP contribution in [0.2, 0.25) is 0 Å². The van der Waals surface area contributed by atoms with Gasteiger partial charge in [0, 0.05) is 17.2 Å². The molecule has 0 radical (unpaired) electrons. The maximum absolute atomic E-state index is 11.0. The molecule has 1 saturated heterocycles. The van der Waals surface area contributed by atoms with Crippen LogP contribution >= 0.6 is 0 Å². The monoisotopic (exact) mass is 309 g/mol. The summed E-state index contributed by atoms with van der Waals surface area (Å²) in [5, 5.41) is 9.03. The van der Waals surface area contributed by atoms with Crippen molar-refractivity contribution in [1.82, 2.24) is 4.90 Å². The molecule has 0 aromatic carbocycles. The highest BCUT2D eigenvalue weighted by atomic mass is 16.4. The van der Waals surface area contributed by atoms with Gasteiger partial charge in [-0.15, -0.1) is 0 Å². The highest BCUT2D eigenvalue weighted by Gasteiger charge is 2.42. The Hall–Kier alpha value is -0.830. The van der Waals surface area contributed by atoms with Gasteiger partial charge in [0.15, 0.2) is 0 Å². The summed E-state index contributed by atoms with van der Waals surface area (Å²) in [7, 11) is 0. The summed E-state index contributed by atoms with van der Waals surface area (Å²) in [5.74, 6) is -0.814. The summed E-state index contributed by atoms with van der Waals surface area (Å²) < 4.78 is 0. The van der Waals surface area contributed by atoms with Crippen LogP contribution in [0.4, 0.5) is 0 Å². The SMILES string of the molecule is CCCCCCCCN1C(C)(C)CC(=CC(=O)O)CC1(C)C. The van der Waals surface area contributed by atoms with Crippen molar-refractivity contribution in [3.8, 4) is 0 Å². The van der Waals surface area contributed by atoms with Crippen LogP contribution in [-0.4, -0.2) is 33.6 Å². The molecule has 1 aliphatic rings. The number of unbranched alkanes of at least 4 members (excludes halogenated alkanes) is 5. The van der Waals surface area contributed by atoms with Gasteiger partial charge in [0.2, 0.25) is 0 Å². The third kappa shape index (κ3) is 5.75. The zero-order chi connectivity index (χ0) is 16.8. The van der Waals surface area contributed by atoms with Crippen molar-refractivity contribution in [2.45, 2.75) is 97.1 Å². The van der Waals surface area contributed by atoms with Gasteiger partial charge >= 0.3 is 5.97 Å². The van der Waals surface area contributed by atoms with E-state index in [1.807, 2.05) is 0 Å². The topological polar surface area (TPSA) is 40.5 Å². The van der Waals surface area contributed by atoms with Gasteiger partial charge in [0.25, 0.3) is 0 Å². The second-order valence-corrected chi connectivity index (χ2v) is 8.04. The van der Waals surface area contributed by atoms with Crippen LogP contribution in [0.5, 0.6) is 0 Å². The third-order valence-electron chi connectivity index (χ3n) is 4.84. The summed E-state index contributed by atoms with van der Waals surface area (Å²) in [6.07, 6.45) is 11.0. The summed E-state index contributed by atoms with van der Waals surface area (Å²) in [6, 6.07) is 0. The Morgan fingerprint density at radius 2 is 1.55 bits per heavy atom. The number of rotatable bonds is 8. The standard InChI is InChI=1S/C19H35NO2/c1-6-7-8-9-10-11-12-20-18(2,3)14-16(13-17(21)22)15-19(20,4)5/h13H,6-12,14-15H2,1-5H3,(H,21,22). The minimum Gasteiger partial charge on any atom is -0.478 e. The predicted octanol–water partition coefficient (Wildman–Crippen LogP) is 5.01. The van der Waals surface area contributed by atoms with E-state index in [1.54, 1.807) is 0 Å². The number of aliphatic carboxylic acids is 1.